The molecule has 0 bridgehead atoms. The Kier molecular flexibility index (Phi) is 5.14. The van der Waals surface area contributed by atoms with Crippen molar-refractivity contribution in [1.29, 1.82) is 5.26 Å². The predicted molar refractivity (Wildman–Crippen MR) is 41.4 cm³/mol. The van der Waals surface area contributed by atoms with E-state index < -0.39 is 13.7 Å². The summed E-state index contributed by atoms with van der Waals surface area (Å²) < 4.78 is 16.2. The monoisotopic (exact) mass is 177 g/mol. The molecule has 0 spiro atoms. The molecule has 1 atom stereocenters. The molecule has 0 amide bonds. The molecule has 11 heavy (non-hydrogen) atoms. The van der Waals surface area contributed by atoms with E-state index in [9.17, 15) is 4.57 Å². The lowest BCUT2D eigenvalue weighted by atomic mass is 10.6. The molecule has 1 unspecified atom stereocenters. The first kappa shape index (κ1) is 10.6. The molecule has 0 aliphatic heterocycles. The molecule has 0 fully saturated rings. The highest BCUT2D eigenvalue weighted by Crippen LogP contribution is 2.45. The second-order valence-corrected chi connectivity index (χ2v) is 4.62. The summed E-state index contributed by atoms with van der Waals surface area (Å²) in [6.45, 7) is 2.01. The largest absolute Gasteiger partial charge is 0.386 e. The van der Waals surface area contributed by atoms with Crippen molar-refractivity contribution in [3.8, 4) is 6.07 Å². The molecule has 0 aromatic carbocycles. The summed E-state index contributed by atoms with van der Waals surface area (Å²) in [6, 6.07) is 1.85. The Bertz CT molecular complexity index is 187. The summed E-state index contributed by atoms with van der Waals surface area (Å²) in [5, 5.41) is 16.8. The van der Waals surface area contributed by atoms with Gasteiger partial charge in [-0.05, 0) is 6.92 Å². The minimum Gasteiger partial charge on any atom is -0.386 e. The molecule has 0 saturated carbocycles. The summed E-state index contributed by atoms with van der Waals surface area (Å²) in [5.41, 5.74) is 0. The van der Waals surface area contributed by atoms with Gasteiger partial charge in [-0.1, -0.05) is 0 Å². The fourth-order valence-electron chi connectivity index (χ4n) is 0.632. The van der Waals surface area contributed by atoms with Crippen LogP contribution in [0.25, 0.3) is 0 Å². The van der Waals surface area contributed by atoms with E-state index in [0.29, 0.717) is 6.61 Å². The second-order valence-electron chi connectivity index (χ2n) is 2.01. The van der Waals surface area contributed by atoms with E-state index in [-0.39, 0.29) is 12.6 Å². The van der Waals surface area contributed by atoms with Crippen LogP contribution in [0.3, 0.4) is 0 Å². The third kappa shape index (κ3) is 4.15. The first-order valence-electron chi connectivity index (χ1n) is 3.39. The summed E-state index contributed by atoms with van der Waals surface area (Å²) in [6.07, 6.45) is -0.159. The zero-order valence-electron chi connectivity index (χ0n) is 6.49. The van der Waals surface area contributed by atoms with E-state index in [1.807, 2.05) is 6.07 Å². The standard InChI is InChI=1S/C6H12NO3P/c1-2-10-11(9,6-8)5-3-4-7/h8H,2-3,5-6H2,1H3. The van der Waals surface area contributed by atoms with Crippen molar-refractivity contribution >= 4 is 7.37 Å². The molecule has 0 aliphatic carbocycles. The van der Waals surface area contributed by atoms with Crippen molar-refractivity contribution in [3.63, 3.8) is 0 Å². The number of rotatable bonds is 5. The van der Waals surface area contributed by atoms with Crippen molar-refractivity contribution in [2.45, 2.75) is 13.3 Å². The Morgan fingerprint density at radius 2 is 2.36 bits per heavy atom. The molecular formula is C6H12NO3P. The molecule has 0 saturated heterocycles. The number of hydrogen-bond acceptors (Lipinski definition) is 4. The minimum absolute atomic E-state index is 0.147. The van der Waals surface area contributed by atoms with Crippen LogP contribution >= 0.6 is 7.37 Å². The maximum absolute atomic E-state index is 11.3. The van der Waals surface area contributed by atoms with Gasteiger partial charge in [0.2, 0.25) is 7.37 Å². The van der Waals surface area contributed by atoms with E-state index >= 15 is 0 Å². The Balaban J connectivity index is 3.91. The quantitative estimate of drug-likeness (QED) is 0.639. The van der Waals surface area contributed by atoms with Gasteiger partial charge in [-0.3, -0.25) is 4.57 Å². The van der Waals surface area contributed by atoms with Crippen LogP contribution in [0.4, 0.5) is 0 Å². The lowest BCUT2D eigenvalue weighted by Crippen LogP contribution is -1.98. The number of nitrogens with zero attached hydrogens (tertiary/aromatic N) is 1. The molecule has 4 nitrogen and oxygen atoms in total. The number of aliphatic hydroxyl groups excluding tert-OH is 1. The van der Waals surface area contributed by atoms with Crippen LogP contribution in [-0.2, 0) is 9.09 Å². The number of nitriles is 1. The molecule has 64 valence electrons. The van der Waals surface area contributed by atoms with Gasteiger partial charge in [-0.2, -0.15) is 5.26 Å². The summed E-state index contributed by atoms with van der Waals surface area (Å²) >= 11 is 0. The van der Waals surface area contributed by atoms with Gasteiger partial charge in [0.05, 0.1) is 12.7 Å². The van der Waals surface area contributed by atoms with Crippen molar-refractivity contribution in [1.82, 2.24) is 0 Å². The zero-order valence-corrected chi connectivity index (χ0v) is 7.38. The van der Waals surface area contributed by atoms with Crippen LogP contribution in [0, 0.1) is 11.3 Å². The zero-order chi connectivity index (χ0) is 8.74. The third-order valence-corrected chi connectivity index (χ3v) is 3.21. The Labute approximate surface area is 66.2 Å². The van der Waals surface area contributed by atoms with E-state index in [2.05, 4.69) is 0 Å². The molecular weight excluding hydrogens is 165 g/mol. The third-order valence-electron chi connectivity index (χ3n) is 1.14. The van der Waals surface area contributed by atoms with Crippen molar-refractivity contribution in [3.05, 3.63) is 0 Å². The maximum atomic E-state index is 11.3. The average molecular weight is 177 g/mol. The molecule has 0 radical (unpaired) electrons. The van der Waals surface area contributed by atoms with Crippen molar-refractivity contribution < 1.29 is 14.2 Å². The maximum Gasteiger partial charge on any atom is 0.228 e. The fourth-order valence-corrected chi connectivity index (χ4v) is 1.90. The van der Waals surface area contributed by atoms with Gasteiger partial charge in [-0.15, -0.1) is 0 Å². The Morgan fingerprint density at radius 3 is 2.73 bits per heavy atom. The lowest BCUT2D eigenvalue weighted by Gasteiger charge is -2.12. The first-order chi connectivity index (χ1) is 5.18. The Morgan fingerprint density at radius 1 is 1.73 bits per heavy atom. The lowest BCUT2D eigenvalue weighted by molar-refractivity contribution is 0.284. The van der Waals surface area contributed by atoms with Gasteiger partial charge in [0.25, 0.3) is 0 Å². The van der Waals surface area contributed by atoms with Crippen molar-refractivity contribution in [2.24, 2.45) is 0 Å². The number of hydrogen-bond donors (Lipinski definition) is 1. The highest BCUT2D eigenvalue weighted by Gasteiger charge is 2.20. The normalized spacial score (nSPS) is 15.4. The van der Waals surface area contributed by atoms with Gasteiger partial charge in [0.15, 0.2) is 0 Å². The predicted octanol–water partition coefficient (Wildman–Crippen LogP) is 1.16. The van der Waals surface area contributed by atoms with Crippen LogP contribution in [0.1, 0.15) is 13.3 Å². The summed E-state index contributed by atoms with van der Waals surface area (Å²) in [4.78, 5) is 0. The fraction of sp³-hybridized carbons (Fsp3) is 0.833. The highest BCUT2D eigenvalue weighted by molar-refractivity contribution is 7.58. The van der Waals surface area contributed by atoms with Gasteiger partial charge >= 0.3 is 0 Å². The van der Waals surface area contributed by atoms with E-state index in [4.69, 9.17) is 14.9 Å². The first-order valence-corrected chi connectivity index (χ1v) is 5.38. The average Bonchev–Trinajstić information content (AvgIpc) is 2.02. The van der Waals surface area contributed by atoms with Gasteiger partial charge in [-0.25, -0.2) is 0 Å². The SMILES string of the molecule is CCOP(=O)(CO)CCC#N. The van der Waals surface area contributed by atoms with Crippen LogP contribution in [0.2, 0.25) is 0 Å². The minimum atomic E-state index is -2.88. The molecule has 0 aromatic rings. The summed E-state index contributed by atoms with van der Waals surface area (Å²) in [5.74, 6) is 0. The van der Waals surface area contributed by atoms with Crippen molar-refractivity contribution in [2.75, 3.05) is 19.1 Å². The van der Waals surface area contributed by atoms with E-state index in [1.54, 1.807) is 6.92 Å². The van der Waals surface area contributed by atoms with Gasteiger partial charge in [0.1, 0.15) is 6.35 Å². The van der Waals surface area contributed by atoms with Gasteiger partial charge < -0.3 is 9.63 Å². The molecule has 1 N–H and O–H groups in total. The molecule has 0 rings (SSSR count). The van der Waals surface area contributed by atoms with Crippen LogP contribution < -0.4 is 0 Å². The Hall–Kier alpha value is -0.360. The van der Waals surface area contributed by atoms with Crippen LogP contribution in [0.5, 0.6) is 0 Å². The molecule has 5 heteroatoms. The highest BCUT2D eigenvalue weighted by atomic mass is 31.2. The molecule has 0 aromatic heterocycles. The molecule has 0 aliphatic rings. The van der Waals surface area contributed by atoms with Gasteiger partial charge in [0, 0.05) is 12.6 Å². The topological polar surface area (TPSA) is 70.3 Å². The number of aliphatic hydroxyl groups is 1. The molecule has 0 heterocycles. The van der Waals surface area contributed by atoms with E-state index in [0.717, 1.165) is 0 Å². The smallest absolute Gasteiger partial charge is 0.228 e. The second kappa shape index (κ2) is 5.31. The van der Waals surface area contributed by atoms with E-state index in [1.165, 1.54) is 0 Å². The summed E-state index contributed by atoms with van der Waals surface area (Å²) in [7, 11) is -2.88. The van der Waals surface area contributed by atoms with Crippen LogP contribution in [0.15, 0.2) is 0 Å². The van der Waals surface area contributed by atoms with Crippen LogP contribution in [-0.4, -0.2) is 24.2 Å².